The summed E-state index contributed by atoms with van der Waals surface area (Å²) in [5, 5.41) is 9.99. The van der Waals surface area contributed by atoms with E-state index >= 15 is 0 Å². The maximum absolute atomic E-state index is 9.99. The second kappa shape index (κ2) is 5.72. The zero-order valence-corrected chi connectivity index (χ0v) is 9.70. The van der Waals surface area contributed by atoms with Gasteiger partial charge in [0.05, 0.1) is 12.2 Å². The van der Waals surface area contributed by atoms with Crippen LogP contribution in [0.2, 0.25) is 0 Å². The van der Waals surface area contributed by atoms with Gasteiger partial charge in [0.25, 0.3) is 0 Å². The highest BCUT2D eigenvalue weighted by Crippen LogP contribution is 2.36. The van der Waals surface area contributed by atoms with Crippen LogP contribution in [0.5, 0.6) is 0 Å². The van der Waals surface area contributed by atoms with Crippen molar-refractivity contribution in [3.8, 4) is 0 Å². The fraction of sp³-hybridized carbons (Fsp3) is 1.00. The van der Waals surface area contributed by atoms with E-state index in [0.29, 0.717) is 11.8 Å². The van der Waals surface area contributed by atoms with Gasteiger partial charge in [0.2, 0.25) is 0 Å². The lowest BCUT2D eigenvalue weighted by Gasteiger charge is -2.23. The quantitative estimate of drug-likeness (QED) is 0.684. The maximum Gasteiger partial charge on any atom is 0.0858 e. The SMILES string of the molecule is CCCC(C)CC(O)C(OC)C1CC1. The average molecular weight is 200 g/mol. The summed E-state index contributed by atoms with van der Waals surface area (Å²) in [6, 6.07) is 0. The van der Waals surface area contributed by atoms with Crippen LogP contribution in [-0.2, 0) is 4.74 Å². The van der Waals surface area contributed by atoms with Gasteiger partial charge in [-0.3, -0.25) is 0 Å². The van der Waals surface area contributed by atoms with Crippen LogP contribution in [0.1, 0.15) is 46.0 Å². The van der Waals surface area contributed by atoms with Crippen LogP contribution in [0.15, 0.2) is 0 Å². The number of methoxy groups -OCH3 is 1. The molecule has 0 amide bonds. The maximum atomic E-state index is 9.99. The molecule has 0 aromatic heterocycles. The standard InChI is InChI=1S/C12H24O2/c1-4-5-9(2)8-11(13)12(14-3)10-6-7-10/h9-13H,4-8H2,1-3H3. The van der Waals surface area contributed by atoms with Gasteiger partial charge in [0.15, 0.2) is 0 Å². The summed E-state index contributed by atoms with van der Waals surface area (Å²) in [4.78, 5) is 0. The minimum Gasteiger partial charge on any atom is -0.390 e. The highest BCUT2D eigenvalue weighted by Gasteiger charge is 2.36. The zero-order valence-electron chi connectivity index (χ0n) is 9.70. The molecule has 3 unspecified atom stereocenters. The van der Waals surface area contributed by atoms with Gasteiger partial charge in [-0.15, -0.1) is 0 Å². The van der Waals surface area contributed by atoms with Crippen LogP contribution in [0.3, 0.4) is 0 Å². The molecular weight excluding hydrogens is 176 g/mol. The molecule has 0 spiro atoms. The van der Waals surface area contributed by atoms with Gasteiger partial charge in [-0.25, -0.2) is 0 Å². The van der Waals surface area contributed by atoms with E-state index in [1.165, 1.54) is 25.7 Å². The molecule has 1 saturated carbocycles. The summed E-state index contributed by atoms with van der Waals surface area (Å²) in [6.45, 7) is 4.41. The van der Waals surface area contributed by atoms with Crippen molar-refractivity contribution in [3.05, 3.63) is 0 Å². The second-order valence-corrected chi connectivity index (χ2v) is 4.73. The van der Waals surface area contributed by atoms with Crippen molar-refractivity contribution in [2.75, 3.05) is 7.11 Å². The molecule has 0 radical (unpaired) electrons. The van der Waals surface area contributed by atoms with E-state index in [1.54, 1.807) is 7.11 Å². The Morgan fingerprint density at radius 1 is 1.43 bits per heavy atom. The average Bonchev–Trinajstić information content (AvgIpc) is 2.89. The second-order valence-electron chi connectivity index (χ2n) is 4.73. The van der Waals surface area contributed by atoms with E-state index in [0.717, 1.165) is 6.42 Å². The molecule has 0 aliphatic heterocycles. The number of ether oxygens (including phenoxy) is 1. The van der Waals surface area contributed by atoms with E-state index in [2.05, 4.69) is 13.8 Å². The van der Waals surface area contributed by atoms with Crippen LogP contribution in [0.25, 0.3) is 0 Å². The molecule has 0 saturated heterocycles. The van der Waals surface area contributed by atoms with Gasteiger partial charge in [-0.1, -0.05) is 26.7 Å². The van der Waals surface area contributed by atoms with Gasteiger partial charge < -0.3 is 9.84 Å². The highest BCUT2D eigenvalue weighted by molar-refractivity contribution is 4.87. The number of hydrogen-bond donors (Lipinski definition) is 1. The molecule has 2 heteroatoms. The molecule has 1 rings (SSSR count). The Morgan fingerprint density at radius 3 is 2.50 bits per heavy atom. The molecule has 0 bridgehead atoms. The van der Waals surface area contributed by atoms with E-state index < -0.39 is 0 Å². The van der Waals surface area contributed by atoms with Crippen LogP contribution < -0.4 is 0 Å². The Morgan fingerprint density at radius 2 is 2.07 bits per heavy atom. The van der Waals surface area contributed by atoms with E-state index in [-0.39, 0.29) is 12.2 Å². The van der Waals surface area contributed by atoms with Crippen molar-refractivity contribution < 1.29 is 9.84 Å². The zero-order chi connectivity index (χ0) is 10.6. The van der Waals surface area contributed by atoms with Gasteiger partial charge in [-0.2, -0.15) is 0 Å². The topological polar surface area (TPSA) is 29.5 Å². The van der Waals surface area contributed by atoms with E-state index in [4.69, 9.17) is 4.74 Å². The smallest absolute Gasteiger partial charge is 0.0858 e. The van der Waals surface area contributed by atoms with Gasteiger partial charge in [0.1, 0.15) is 0 Å². The number of hydrogen-bond acceptors (Lipinski definition) is 2. The van der Waals surface area contributed by atoms with E-state index in [9.17, 15) is 5.11 Å². The minimum atomic E-state index is -0.256. The van der Waals surface area contributed by atoms with Crippen LogP contribution >= 0.6 is 0 Å². The lowest BCUT2D eigenvalue weighted by molar-refractivity contribution is -0.0343. The first-order valence-corrected chi connectivity index (χ1v) is 5.89. The van der Waals surface area contributed by atoms with Crippen LogP contribution in [0.4, 0.5) is 0 Å². The van der Waals surface area contributed by atoms with E-state index in [1.807, 2.05) is 0 Å². The van der Waals surface area contributed by atoms with Crippen molar-refractivity contribution in [3.63, 3.8) is 0 Å². The molecule has 84 valence electrons. The molecule has 1 N–H and O–H groups in total. The lowest BCUT2D eigenvalue weighted by atomic mass is 9.94. The lowest BCUT2D eigenvalue weighted by Crippen LogP contribution is -2.31. The molecular formula is C12H24O2. The Bertz CT molecular complexity index is 154. The predicted octanol–water partition coefficient (Wildman–Crippen LogP) is 2.60. The summed E-state index contributed by atoms with van der Waals surface area (Å²) in [5.41, 5.74) is 0. The fourth-order valence-electron chi connectivity index (χ4n) is 2.25. The molecule has 1 fully saturated rings. The Kier molecular flexibility index (Phi) is 4.90. The minimum absolute atomic E-state index is 0.0920. The molecule has 0 heterocycles. The third-order valence-electron chi connectivity index (χ3n) is 3.16. The van der Waals surface area contributed by atoms with Crippen molar-refractivity contribution in [1.29, 1.82) is 0 Å². The third-order valence-corrected chi connectivity index (χ3v) is 3.16. The Labute approximate surface area is 87.7 Å². The van der Waals surface area contributed by atoms with Crippen molar-refractivity contribution >= 4 is 0 Å². The molecule has 1 aliphatic rings. The largest absolute Gasteiger partial charge is 0.390 e. The van der Waals surface area contributed by atoms with Gasteiger partial charge >= 0.3 is 0 Å². The highest BCUT2D eigenvalue weighted by atomic mass is 16.5. The first kappa shape index (κ1) is 12.0. The van der Waals surface area contributed by atoms with Crippen molar-refractivity contribution in [2.24, 2.45) is 11.8 Å². The first-order valence-electron chi connectivity index (χ1n) is 5.89. The van der Waals surface area contributed by atoms with Crippen molar-refractivity contribution in [1.82, 2.24) is 0 Å². The molecule has 0 aromatic rings. The summed E-state index contributed by atoms with van der Waals surface area (Å²) in [6.07, 6.45) is 5.61. The molecule has 14 heavy (non-hydrogen) atoms. The first-order chi connectivity index (χ1) is 6.69. The number of rotatable bonds is 7. The van der Waals surface area contributed by atoms with Crippen LogP contribution in [-0.4, -0.2) is 24.4 Å². The predicted molar refractivity (Wildman–Crippen MR) is 58.2 cm³/mol. The van der Waals surface area contributed by atoms with Crippen LogP contribution in [0, 0.1) is 11.8 Å². The number of aliphatic hydroxyl groups excluding tert-OH is 1. The molecule has 1 aliphatic carbocycles. The summed E-state index contributed by atoms with van der Waals surface area (Å²) in [5.74, 6) is 1.25. The van der Waals surface area contributed by atoms with Gasteiger partial charge in [-0.05, 0) is 31.1 Å². The normalized spacial score (nSPS) is 23.1. The van der Waals surface area contributed by atoms with Crippen molar-refractivity contribution in [2.45, 2.75) is 58.2 Å². The summed E-state index contributed by atoms with van der Waals surface area (Å²) >= 11 is 0. The number of aliphatic hydroxyl groups is 1. The molecule has 0 aromatic carbocycles. The molecule has 2 nitrogen and oxygen atoms in total. The third kappa shape index (κ3) is 3.58. The summed E-state index contributed by atoms with van der Waals surface area (Å²) in [7, 11) is 1.72. The fourth-order valence-corrected chi connectivity index (χ4v) is 2.25. The van der Waals surface area contributed by atoms with Gasteiger partial charge in [0, 0.05) is 7.11 Å². The Balaban J connectivity index is 2.27. The Hall–Kier alpha value is -0.0800. The monoisotopic (exact) mass is 200 g/mol. The molecule has 3 atom stereocenters. The summed E-state index contributed by atoms with van der Waals surface area (Å²) < 4.78 is 5.37.